The minimum atomic E-state index is 0.0857. The Bertz CT molecular complexity index is 1010. The fourth-order valence-electron chi connectivity index (χ4n) is 3.75. The fourth-order valence-corrected chi connectivity index (χ4v) is 3.75. The molecule has 6 heteroatoms. The van der Waals surface area contributed by atoms with Crippen LogP contribution in [0.2, 0.25) is 0 Å². The van der Waals surface area contributed by atoms with Crippen LogP contribution in [0.1, 0.15) is 42.5 Å². The zero-order chi connectivity index (χ0) is 21.3. The summed E-state index contributed by atoms with van der Waals surface area (Å²) in [5.74, 6) is 2.61. The van der Waals surface area contributed by atoms with Gasteiger partial charge in [-0.25, -0.2) is 9.97 Å². The Balaban J connectivity index is 1.43. The lowest BCUT2D eigenvalue weighted by Crippen LogP contribution is -2.49. The third kappa shape index (κ3) is 4.22. The molecule has 1 aliphatic rings. The maximum absolute atomic E-state index is 12.9. The van der Waals surface area contributed by atoms with Crippen molar-refractivity contribution in [1.29, 1.82) is 0 Å². The summed E-state index contributed by atoms with van der Waals surface area (Å²) in [7, 11) is 0. The molecule has 0 aliphatic carbocycles. The summed E-state index contributed by atoms with van der Waals surface area (Å²) in [6.07, 6.45) is 3.96. The number of piperazine rings is 1. The van der Waals surface area contributed by atoms with E-state index in [1.807, 2.05) is 59.1 Å². The zero-order valence-corrected chi connectivity index (χ0v) is 18.2. The molecular formula is C24H29N5O. The highest BCUT2D eigenvalue weighted by molar-refractivity contribution is 5.94. The van der Waals surface area contributed by atoms with Crippen LogP contribution >= 0.6 is 0 Å². The van der Waals surface area contributed by atoms with Crippen LogP contribution < -0.4 is 4.90 Å². The first-order valence-electron chi connectivity index (χ1n) is 10.4. The molecule has 1 aromatic carbocycles. The SMILES string of the molecule is Cc1nc(N2CCN(C(=O)c3ccc(C(C)(C)C)cc3)CC2)cc(-n2cccc2)n1. The molecule has 0 bridgehead atoms. The molecule has 156 valence electrons. The standard InChI is InChI=1S/C24H29N5O/c1-18-25-21(27-11-5-6-12-27)17-22(26-18)28-13-15-29(16-14-28)23(30)19-7-9-20(10-8-19)24(2,3)4/h5-12,17H,13-16H2,1-4H3. The smallest absolute Gasteiger partial charge is 0.253 e. The van der Waals surface area contributed by atoms with E-state index in [2.05, 4.69) is 47.8 Å². The summed E-state index contributed by atoms with van der Waals surface area (Å²) in [6, 6.07) is 14.0. The molecular weight excluding hydrogens is 374 g/mol. The van der Waals surface area contributed by atoms with Crippen molar-refractivity contribution < 1.29 is 4.79 Å². The van der Waals surface area contributed by atoms with Crippen LogP contribution in [0.3, 0.4) is 0 Å². The highest BCUT2D eigenvalue weighted by Gasteiger charge is 2.24. The second kappa shape index (κ2) is 7.94. The number of hydrogen-bond donors (Lipinski definition) is 0. The van der Waals surface area contributed by atoms with E-state index in [1.165, 1.54) is 5.56 Å². The fraction of sp³-hybridized carbons (Fsp3) is 0.375. The van der Waals surface area contributed by atoms with E-state index in [1.54, 1.807) is 0 Å². The number of nitrogens with zero attached hydrogens (tertiary/aromatic N) is 5. The normalized spacial score (nSPS) is 14.8. The molecule has 1 aliphatic heterocycles. The van der Waals surface area contributed by atoms with Gasteiger partial charge < -0.3 is 14.4 Å². The number of anilines is 1. The lowest BCUT2D eigenvalue weighted by Gasteiger charge is -2.35. The first kappa shape index (κ1) is 20.1. The van der Waals surface area contributed by atoms with Crippen LogP contribution in [0.4, 0.5) is 5.82 Å². The minimum absolute atomic E-state index is 0.0857. The van der Waals surface area contributed by atoms with E-state index in [0.29, 0.717) is 13.1 Å². The molecule has 30 heavy (non-hydrogen) atoms. The van der Waals surface area contributed by atoms with Crippen molar-refractivity contribution in [2.75, 3.05) is 31.1 Å². The minimum Gasteiger partial charge on any atom is -0.353 e. The third-order valence-corrected chi connectivity index (χ3v) is 5.57. The Morgan fingerprint density at radius 1 is 0.900 bits per heavy atom. The Kier molecular flexibility index (Phi) is 5.33. The summed E-state index contributed by atoms with van der Waals surface area (Å²) >= 11 is 0. The van der Waals surface area contributed by atoms with Gasteiger partial charge in [-0.1, -0.05) is 32.9 Å². The third-order valence-electron chi connectivity index (χ3n) is 5.57. The topological polar surface area (TPSA) is 54.3 Å². The number of aromatic nitrogens is 3. The molecule has 2 aromatic heterocycles. The molecule has 3 aromatic rings. The average Bonchev–Trinajstić information content (AvgIpc) is 3.27. The number of amides is 1. The number of carbonyl (C=O) groups is 1. The summed E-state index contributed by atoms with van der Waals surface area (Å²) in [6.45, 7) is 11.3. The van der Waals surface area contributed by atoms with Gasteiger partial charge in [0.15, 0.2) is 0 Å². The molecule has 0 spiro atoms. The quantitative estimate of drug-likeness (QED) is 0.667. The van der Waals surface area contributed by atoms with Crippen LogP contribution in [0.15, 0.2) is 54.9 Å². The van der Waals surface area contributed by atoms with Gasteiger partial charge in [-0.05, 0) is 42.2 Å². The first-order valence-corrected chi connectivity index (χ1v) is 10.4. The van der Waals surface area contributed by atoms with Crippen molar-refractivity contribution in [3.63, 3.8) is 0 Å². The van der Waals surface area contributed by atoms with Gasteiger partial charge in [0.1, 0.15) is 17.5 Å². The van der Waals surface area contributed by atoms with Crippen molar-refractivity contribution >= 4 is 11.7 Å². The van der Waals surface area contributed by atoms with E-state index < -0.39 is 0 Å². The molecule has 3 heterocycles. The number of carbonyl (C=O) groups excluding carboxylic acids is 1. The number of rotatable bonds is 3. The van der Waals surface area contributed by atoms with Gasteiger partial charge >= 0.3 is 0 Å². The molecule has 1 amide bonds. The Hall–Kier alpha value is -3.15. The van der Waals surface area contributed by atoms with E-state index >= 15 is 0 Å². The van der Waals surface area contributed by atoms with Crippen LogP contribution in [0, 0.1) is 6.92 Å². The Morgan fingerprint density at radius 2 is 1.50 bits per heavy atom. The van der Waals surface area contributed by atoms with E-state index in [-0.39, 0.29) is 11.3 Å². The van der Waals surface area contributed by atoms with Crippen LogP contribution in [0.25, 0.3) is 5.82 Å². The maximum Gasteiger partial charge on any atom is 0.253 e. The van der Waals surface area contributed by atoms with E-state index in [9.17, 15) is 4.79 Å². The molecule has 0 radical (unpaired) electrons. The lowest BCUT2D eigenvalue weighted by atomic mass is 9.86. The van der Waals surface area contributed by atoms with Gasteiger partial charge in [-0.15, -0.1) is 0 Å². The maximum atomic E-state index is 12.9. The number of aryl methyl sites for hydroxylation is 1. The van der Waals surface area contributed by atoms with Crippen molar-refractivity contribution in [2.24, 2.45) is 0 Å². The average molecular weight is 404 g/mol. The van der Waals surface area contributed by atoms with Gasteiger partial charge in [0, 0.05) is 50.2 Å². The molecule has 0 unspecified atom stereocenters. The van der Waals surface area contributed by atoms with Gasteiger partial charge in [-0.2, -0.15) is 0 Å². The highest BCUT2D eigenvalue weighted by atomic mass is 16.2. The van der Waals surface area contributed by atoms with Crippen molar-refractivity contribution in [3.05, 3.63) is 71.8 Å². The molecule has 1 fully saturated rings. The van der Waals surface area contributed by atoms with E-state index in [4.69, 9.17) is 0 Å². The highest BCUT2D eigenvalue weighted by Crippen LogP contribution is 2.23. The lowest BCUT2D eigenvalue weighted by molar-refractivity contribution is 0.0746. The van der Waals surface area contributed by atoms with Crippen molar-refractivity contribution in [1.82, 2.24) is 19.4 Å². The van der Waals surface area contributed by atoms with Crippen molar-refractivity contribution in [2.45, 2.75) is 33.1 Å². The Morgan fingerprint density at radius 3 is 2.10 bits per heavy atom. The zero-order valence-electron chi connectivity index (χ0n) is 18.2. The molecule has 6 nitrogen and oxygen atoms in total. The second-order valence-electron chi connectivity index (χ2n) is 8.83. The molecule has 4 rings (SSSR count). The summed E-state index contributed by atoms with van der Waals surface area (Å²) in [5.41, 5.74) is 2.08. The van der Waals surface area contributed by atoms with Gasteiger partial charge in [0.2, 0.25) is 0 Å². The molecule has 1 saturated heterocycles. The molecule has 0 saturated carbocycles. The van der Waals surface area contributed by atoms with Gasteiger partial charge in [-0.3, -0.25) is 4.79 Å². The monoisotopic (exact) mass is 403 g/mol. The predicted molar refractivity (Wildman–Crippen MR) is 119 cm³/mol. The predicted octanol–water partition coefficient (Wildman–Crippen LogP) is 3.84. The molecule has 0 N–H and O–H groups in total. The first-order chi connectivity index (χ1) is 14.3. The number of benzene rings is 1. The van der Waals surface area contributed by atoms with Crippen LogP contribution in [0.5, 0.6) is 0 Å². The summed E-state index contributed by atoms with van der Waals surface area (Å²) < 4.78 is 1.99. The largest absolute Gasteiger partial charge is 0.353 e. The van der Waals surface area contributed by atoms with Crippen LogP contribution in [-0.4, -0.2) is 51.5 Å². The van der Waals surface area contributed by atoms with Gasteiger partial charge in [0.25, 0.3) is 5.91 Å². The van der Waals surface area contributed by atoms with Gasteiger partial charge in [0.05, 0.1) is 0 Å². The molecule has 0 atom stereocenters. The second-order valence-corrected chi connectivity index (χ2v) is 8.83. The summed E-state index contributed by atoms with van der Waals surface area (Å²) in [4.78, 5) is 26.3. The summed E-state index contributed by atoms with van der Waals surface area (Å²) in [5, 5.41) is 0. The number of hydrogen-bond acceptors (Lipinski definition) is 4. The Labute approximate surface area is 178 Å². The van der Waals surface area contributed by atoms with Crippen molar-refractivity contribution in [3.8, 4) is 5.82 Å². The van der Waals surface area contributed by atoms with E-state index in [0.717, 1.165) is 36.1 Å². The van der Waals surface area contributed by atoms with Crippen LogP contribution in [-0.2, 0) is 5.41 Å².